The van der Waals surface area contributed by atoms with E-state index in [9.17, 15) is 12.8 Å². The summed E-state index contributed by atoms with van der Waals surface area (Å²) < 4.78 is 48.0. The Balaban J connectivity index is 1.37. The minimum Gasteiger partial charge on any atom is -0.497 e. The average molecular weight is 544 g/mol. The summed E-state index contributed by atoms with van der Waals surface area (Å²) in [4.78, 5) is 4.26. The van der Waals surface area contributed by atoms with Gasteiger partial charge in [0.1, 0.15) is 23.1 Å². The number of methoxy groups -OCH3 is 1. The van der Waals surface area contributed by atoms with Crippen LogP contribution in [0.1, 0.15) is 0 Å². The summed E-state index contributed by atoms with van der Waals surface area (Å²) in [5.41, 5.74) is 4.37. The van der Waals surface area contributed by atoms with E-state index in [2.05, 4.69) is 15.0 Å². The molecule has 0 saturated carbocycles. The maximum Gasteiger partial charge on any atom is 0.240 e. The Morgan fingerprint density at radius 1 is 0.897 bits per heavy atom. The second kappa shape index (κ2) is 11.5. The Morgan fingerprint density at radius 3 is 2.51 bits per heavy atom. The van der Waals surface area contributed by atoms with Gasteiger partial charge in [-0.25, -0.2) is 27.2 Å². The highest BCUT2D eigenvalue weighted by atomic mass is 32.2. The number of nitrogens with zero attached hydrogens (tertiary/aromatic N) is 3. The first-order valence-corrected chi connectivity index (χ1v) is 13.7. The summed E-state index contributed by atoms with van der Waals surface area (Å²) in [6.07, 6.45) is 3.65. The molecule has 2 aromatic heterocycles. The minimum absolute atomic E-state index is 0.0890. The number of pyridine rings is 1. The minimum atomic E-state index is -3.83. The van der Waals surface area contributed by atoms with E-state index in [0.717, 1.165) is 39.9 Å². The van der Waals surface area contributed by atoms with Gasteiger partial charge in [0, 0.05) is 36.6 Å². The molecule has 0 saturated heterocycles. The van der Waals surface area contributed by atoms with Crippen molar-refractivity contribution in [3.63, 3.8) is 0 Å². The number of para-hydroxylation sites is 1. The lowest BCUT2D eigenvalue weighted by molar-refractivity contribution is 0.415. The van der Waals surface area contributed by atoms with Crippen molar-refractivity contribution in [2.45, 2.75) is 4.90 Å². The van der Waals surface area contributed by atoms with E-state index >= 15 is 0 Å². The number of aromatic nitrogens is 3. The van der Waals surface area contributed by atoms with Gasteiger partial charge in [-0.2, -0.15) is 5.10 Å². The summed E-state index contributed by atoms with van der Waals surface area (Å²) >= 11 is 0. The van der Waals surface area contributed by atoms with Crippen LogP contribution in [-0.4, -0.2) is 43.4 Å². The topological polar surface area (TPSA) is 98.1 Å². The van der Waals surface area contributed by atoms with Crippen LogP contribution < -0.4 is 14.8 Å². The van der Waals surface area contributed by atoms with Crippen molar-refractivity contribution in [3.05, 3.63) is 109 Å². The van der Waals surface area contributed by atoms with Gasteiger partial charge in [-0.15, -0.1) is 0 Å². The van der Waals surface area contributed by atoms with Crippen LogP contribution >= 0.6 is 0 Å². The van der Waals surface area contributed by atoms with E-state index in [-0.39, 0.29) is 18.0 Å². The molecule has 198 valence electrons. The van der Waals surface area contributed by atoms with Gasteiger partial charge in [0.25, 0.3) is 0 Å². The molecular weight excluding hydrogens is 517 g/mol. The van der Waals surface area contributed by atoms with Gasteiger partial charge < -0.3 is 10.1 Å². The Hall–Kier alpha value is -4.54. The van der Waals surface area contributed by atoms with E-state index in [1.807, 2.05) is 77.6 Å². The first kappa shape index (κ1) is 26.1. The van der Waals surface area contributed by atoms with Crippen LogP contribution in [0.3, 0.4) is 0 Å². The van der Waals surface area contributed by atoms with E-state index in [1.165, 1.54) is 18.2 Å². The average Bonchev–Trinajstić information content (AvgIpc) is 3.42. The van der Waals surface area contributed by atoms with E-state index < -0.39 is 15.8 Å². The number of benzene rings is 3. The van der Waals surface area contributed by atoms with E-state index in [4.69, 9.17) is 9.84 Å². The number of halogens is 1. The zero-order chi connectivity index (χ0) is 27.2. The Labute approximate surface area is 226 Å². The lowest BCUT2D eigenvalue weighted by atomic mass is 10.0. The lowest BCUT2D eigenvalue weighted by Gasteiger charge is -2.10. The van der Waals surface area contributed by atoms with Crippen LogP contribution in [0.2, 0.25) is 0 Å². The molecule has 0 amide bonds. The molecule has 2 heterocycles. The van der Waals surface area contributed by atoms with Gasteiger partial charge in [0.2, 0.25) is 10.0 Å². The maximum atomic E-state index is 13.4. The fourth-order valence-corrected chi connectivity index (χ4v) is 5.13. The molecule has 0 bridgehead atoms. The standard InChI is InChI=1S/C29H26FN5O3S/c1-38-25-11-5-7-22(17-25)29-27(20-35(34-29)24-9-3-2-4-10-24)21-13-14-31-28(18-21)32-15-16-33-39(36,37)26-12-6-8-23(30)19-26/h2-14,17-20,33H,15-16H2,1H3,(H,31,32). The zero-order valence-corrected chi connectivity index (χ0v) is 21.9. The molecule has 39 heavy (non-hydrogen) atoms. The number of hydrogen-bond acceptors (Lipinski definition) is 6. The molecule has 0 aliphatic rings. The normalized spacial score (nSPS) is 11.3. The molecule has 0 spiro atoms. The Kier molecular flexibility index (Phi) is 7.67. The Morgan fingerprint density at radius 2 is 1.72 bits per heavy atom. The highest BCUT2D eigenvalue weighted by molar-refractivity contribution is 7.89. The Bertz CT molecular complexity index is 1690. The number of nitrogens with one attached hydrogen (secondary N) is 2. The summed E-state index contributed by atoms with van der Waals surface area (Å²) in [6.45, 7) is 0.364. The lowest BCUT2D eigenvalue weighted by Crippen LogP contribution is -2.29. The molecule has 5 rings (SSSR count). The number of sulfonamides is 1. The summed E-state index contributed by atoms with van der Waals surface area (Å²) in [5, 5.41) is 8.03. The fraction of sp³-hybridized carbons (Fsp3) is 0.103. The van der Waals surface area contributed by atoms with Gasteiger partial charge in [-0.3, -0.25) is 0 Å². The molecule has 0 atom stereocenters. The van der Waals surface area contributed by atoms with Crippen LogP contribution in [0.4, 0.5) is 10.2 Å². The fourth-order valence-electron chi connectivity index (χ4n) is 4.07. The molecule has 5 aromatic rings. The van der Waals surface area contributed by atoms with Crippen molar-refractivity contribution >= 4 is 15.8 Å². The van der Waals surface area contributed by atoms with Crippen LogP contribution in [-0.2, 0) is 10.0 Å². The monoisotopic (exact) mass is 543 g/mol. The number of hydrogen-bond donors (Lipinski definition) is 2. The quantitative estimate of drug-likeness (QED) is 0.237. The largest absolute Gasteiger partial charge is 0.497 e. The van der Waals surface area contributed by atoms with Crippen LogP contribution in [0, 0.1) is 5.82 Å². The second-order valence-electron chi connectivity index (χ2n) is 8.62. The summed E-state index contributed by atoms with van der Waals surface area (Å²) in [5.74, 6) is 0.688. The van der Waals surface area contributed by atoms with Gasteiger partial charge in [-0.05, 0) is 60.2 Å². The van der Waals surface area contributed by atoms with Gasteiger partial charge in [-0.1, -0.05) is 36.4 Å². The molecule has 0 aliphatic carbocycles. The zero-order valence-electron chi connectivity index (χ0n) is 21.1. The van der Waals surface area contributed by atoms with Crippen LogP contribution in [0.15, 0.2) is 108 Å². The first-order valence-electron chi connectivity index (χ1n) is 12.2. The third-order valence-corrected chi connectivity index (χ3v) is 7.44. The van der Waals surface area contributed by atoms with Crippen molar-refractivity contribution in [1.82, 2.24) is 19.5 Å². The molecule has 0 fully saturated rings. The third kappa shape index (κ3) is 6.14. The van der Waals surface area contributed by atoms with Gasteiger partial charge in [0.15, 0.2) is 0 Å². The number of anilines is 1. The van der Waals surface area contributed by atoms with Gasteiger partial charge >= 0.3 is 0 Å². The van der Waals surface area contributed by atoms with Crippen molar-refractivity contribution in [3.8, 4) is 33.8 Å². The highest BCUT2D eigenvalue weighted by Gasteiger charge is 2.16. The molecule has 0 unspecified atom stereocenters. The molecule has 10 heteroatoms. The smallest absolute Gasteiger partial charge is 0.240 e. The van der Waals surface area contributed by atoms with E-state index in [0.29, 0.717) is 5.82 Å². The molecule has 8 nitrogen and oxygen atoms in total. The summed E-state index contributed by atoms with van der Waals surface area (Å²) in [7, 11) is -2.20. The predicted molar refractivity (Wildman–Crippen MR) is 149 cm³/mol. The molecular formula is C29H26FN5O3S. The maximum absolute atomic E-state index is 13.4. The molecule has 2 N–H and O–H groups in total. The number of ether oxygens (including phenoxy) is 1. The molecule has 3 aromatic carbocycles. The van der Waals surface area contributed by atoms with Crippen molar-refractivity contribution in [2.24, 2.45) is 0 Å². The van der Waals surface area contributed by atoms with Crippen molar-refractivity contribution in [2.75, 3.05) is 25.5 Å². The SMILES string of the molecule is COc1cccc(-c2nn(-c3ccccc3)cc2-c2ccnc(NCCNS(=O)(=O)c3cccc(F)c3)c2)c1. The molecule has 0 radical (unpaired) electrons. The first-order chi connectivity index (χ1) is 18.9. The molecule has 0 aliphatic heterocycles. The highest BCUT2D eigenvalue weighted by Crippen LogP contribution is 2.34. The van der Waals surface area contributed by atoms with E-state index in [1.54, 1.807) is 13.3 Å². The van der Waals surface area contributed by atoms with Crippen molar-refractivity contribution in [1.29, 1.82) is 0 Å². The second-order valence-corrected chi connectivity index (χ2v) is 10.4. The number of rotatable bonds is 10. The van der Waals surface area contributed by atoms with Crippen LogP contribution in [0.25, 0.3) is 28.1 Å². The van der Waals surface area contributed by atoms with Gasteiger partial charge in [0.05, 0.1) is 17.7 Å². The van der Waals surface area contributed by atoms with Crippen LogP contribution in [0.5, 0.6) is 5.75 Å². The third-order valence-electron chi connectivity index (χ3n) is 5.98. The predicted octanol–water partition coefficient (Wildman–Crippen LogP) is 5.14. The summed E-state index contributed by atoms with van der Waals surface area (Å²) in [6, 6.07) is 26.2. The van der Waals surface area contributed by atoms with Crippen molar-refractivity contribution < 1.29 is 17.5 Å².